The van der Waals surface area contributed by atoms with Gasteiger partial charge >= 0.3 is 7.60 Å². The molecule has 0 aliphatic rings. The third-order valence-electron chi connectivity index (χ3n) is 1.68. The van der Waals surface area contributed by atoms with Gasteiger partial charge in [0.15, 0.2) is 0 Å². The Bertz CT molecular complexity index is 201. The molecule has 0 aromatic heterocycles. The van der Waals surface area contributed by atoms with E-state index in [1.165, 1.54) is 13.8 Å². The van der Waals surface area contributed by atoms with Crippen molar-refractivity contribution in [2.75, 3.05) is 0 Å². The quantitative estimate of drug-likeness (QED) is 0.588. The molecule has 0 aliphatic carbocycles. The van der Waals surface area contributed by atoms with Crippen LogP contribution in [0.4, 0.5) is 0 Å². The van der Waals surface area contributed by atoms with E-state index in [0.29, 0.717) is 6.42 Å². The van der Waals surface area contributed by atoms with Gasteiger partial charge in [-0.2, -0.15) is 0 Å². The fourth-order valence-electron chi connectivity index (χ4n) is 1.22. The van der Waals surface area contributed by atoms with Crippen molar-refractivity contribution in [2.24, 2.45) is 5.73 Å². The molecule has 0 aromatic rings. The normalized spacial score (nSPS) is 14.9. The summed E-state index contributed by atoms with van der Waals surface area (Å²) >= 11 is 0. The Balaban J connectivity index is 4.56. The molecule has 0 atom stereocenters. The first-order chi connectivity index (χ1) is 4.96. The summed E-state index contributed by atoms with van der Waals surface area (Å²) in [5, 5.41) is -1.04. The second-order valence-electron chi connectivity index (χ2n) is 4.52. The number of hydrogen-bond acceptors (Lipinski definition) is 2. The Morgan fingerprint density at radius 1 is 1.25 bits per heavy atom. The van der Waals surface area contributed by atoms with Crippen LogP contribution in [0.3, 0.4) is 0 Å². The summed E-state index contributed by atoms with van der Waals surface area (Å²) in [5.41, 5.74) is 5.12. The van der Waals surface area contributed by atoms with Crippen molar-refractivity contribution < 1.29 is 14.4 Å². The first-order valence-electron chi connectivity index (χ1n) is 3.80. The smallest absolute Gasteiger partial charge is 0.326 e. The molecule has 0 fully saturated rings. The van der Waals surface area contributed by atoms with Gasteiger partial charge in [0, 0.05) is 5.54 Å². The van der Waals surface area contributed by atoms with Crippen LogP contribution in [-0.2, 0) is 4.57 Å². The highest BCUT2D eigenvalue weighted by Gasteiger charge is 2.40. The van der Waals surface area contributed by atoms with Gasteiger partial charge in [-0.15, -0.1) is 0 Å². The van der Waals surface area contributed by atoms with Gasteiger partial charge in [0.1, 0.15) is 0 Å². The van der Waals surface area contributed by atoms with Gasteiger partial charge in [-0.25, -0.2) is 0 Å². The molecule has 0 radical (unpaired) electrons. The minimum atomic E-state index is -4.05. The molecule has 0 aromatic carbocycles. The molecule has 0 heterocycles. The molecular weight excluding hydrogens is 177 g/mol. The highest BCUT2D eigenvalue weighted by atomic mass is 31.2. The van der Waals surface area contributed by atoms with Crippen LogP contribution in [0.2, 0.25) is 0 Å². The van der Waals surface area contributed by atoms with E-state index in [1.54, 1.807) is 13.8 Å². The van der Waals surface area contributed by atoms with Crippen molar-refractivity contribution in [1.29, 1.82) is 0 Å². The van der Waals surface area contributed by atoms with Crippen molar-refractivity contribution in [1.82, 2.24) is 0 Å². The standard InChI is InChI=1S/C7H18NO3P/c1-6(2,8)5-7(3,4)12(9,10)11/h5,8H2,1-4H3,(H2,9,10,11). The molecule has 12 heavy (non-hydrogen) atoms. The number of rotatable bonds is 3. The lowest BCUT2D eigenvalue weighted by Crippen LogP contribution is -2.40. The predicted octanol–water partition coefficient (Wildman–Crippen LogP) is 1.07. The van der Waals surface area contributed by atoms with Gasteiger partial charge in [0.05, 0.1) is 5.16 Å². The van der Waals surface area contributed by atoms with Crippen LogP contribution in [-0.4, -0.2) is 20.5 Å². The Hall–Kier alpha value is 0.110. The average molecular weight is 195 g/mol. The van der Waals surface area contributed by atoms with E-state index in [-0.39, 0.29) is 0 Å². The molecule has 0 amide bonds. The second-order valence-corrected chi connectivity index (χ2v) is 6.82. The van der Waals surface area contributed by atoms with E-state index in [2.05, 4.69) is 0 Å². The van der Waals surface area contributed by atoms with Gasteiger partial charge < -0.3 is 15.5 Å². The molecule has 0 aliphatic heterocycles. The maximum atomic E-state index is 11.0. The lowest BCUT2D eigenvalue weighted by molar-refractivity contribution is 0.305. The highest BCUT2D eigenvalue weighted by molar-refractivity contribution is 7.53. The second kappa shape index (κ2) is 3.11. The monoisotopic (exact) mass is 195 g/mol. The Labute approximate surface area is 73.3 Å². The van der Waals surface area contributed by atoms with Crippen LogP contribution in [0.15, 0.2) is 0 Å². The summed E-state index contributed by atoms with van der Waals surface area (Å²) in [6.45, 7) is 6.57. The van der Waals surface area contributed by atoms with Gasteiger partial charge in [-0.1, -0.05) is 0 Å². The van der Waals surface area contributed by atoms with Gasteiger partial charge in [-0.3, -0.25) is 4.57 Å². The Morgan fingerprint density at radius 3 is 1.67 bits per heavy atom. The summed E-state index contributed by atoms with van der Waals surface area (Å²) in [7, 11) is -4.05. The fourth-order valence-corrected chi connectivity index (χ4v) is 1.83. The molecule has 5 heteroatoms. The lowest BCUT2D eigenvalue weighted by Gasteiger charge is -2.32. The van der Waals surface area contributed by atoms with Crippen LogP contribution in [0.1, 0.15) is 34.1 Å². The summed E-state index contributed by atoms with van der Waals surface area (Å²) in [6.07, 6.45) is 0.296. The summed E-state index contributed by atoms with van der Waals surface area (Å²) in [4.78, 5) is 17.9. The largest absolute Gasteiger partial charge is 0.331 e. The molecule has 0 saturated carbocycles. The molecule has 74 valence electrons. The van der Waals surface area contributed by atoms with E-state index in [4.69, 9.17) is 15.5 Å². The van der Waals surface area contributed by atoms with Crippen LogP contribution in [0.5, 0.6) is 0 Å². The van der Waals surface area contributed by atoms with E-state index in [9.17, 15) is 4.57 Å². The zero-order valence-electron chi connectivity index (χ0n) is 8.03. The van der Waals surface area contributed by atoms with Gasteiger partial charge in [0.2, 0.25) is 0 Å². The molecule has 0 spiro atoms. The van der Waals surface area contributed by atoms with Crippen LogP contribution >= 0.6 is 7.60 Å². The number of nitrogens with two attached hydrogens (primary N) is 1. The van der Waals surface area contributed by atoms with Crippen LogP contribution in [0, 0.1) is 0 Å². The van der Waals surface area contributed by atoms with Crippen molar-refractivity contribution in [3.8, 4) is 0 Å². The minimum absolute atomic E-state index is 0.296. The zero-order chi connectivity index (χ0) is 10.2. The first kappa shape index (κ1) is 12.1. The maximum absolute atomic E-state index is 11.0. The van der Waals surface area contributed by atoms with Crippen LogP contribution < -0.4 is 5.73 Å². The average Bonchev–Trinajstić information content (AvgIpc) is 1.52. The number of hydrogen-bond donors (Lipinski definition) is 3. The van der Waals surface area contributed by atoms with Crippen molar-refractivity contribution >= 4 is 7.60 Å². The van der Waals surface area contributed by atoms with Crippen molar-refractivity contribution in [3.63, 3.8) is 0 Å². The molecular formula is C7H18NO3P. The van der Waals surface area contributed by atoms with Crippen molar-refractivity contribution in [2.45, 2.75) is 44.8 Å². The summed E-state index contributed by atoms with van der Waals surface area (Å²) in [6, 6.07) is 0. The van der Waals surface area contributed by atoms with Gasteiger partial charge in [0.25, 0.3) is 0 Å². The Kier molecular flexibility index (Phi) is 3.14. The van der Waals surface area contributed by atoms with Crippen molar-refractivity contribution in [3.05, 3.63) is 0 Å². The zero-order valence-corrected chi connectivity index (χ0v) is 8.93. The third-order valence-corrected chi connectivity index (χ3v) is 3.41. The van der Waals surface area contributed by atoms with E-state index < -0.39 is 18.3 Å². The molecule has 0 rings (SSSR count). The lowest BCUT2D eigenvalue weighted by atomic mass is 9.93. The van der Waals surface area contributed by atoms with E-state index in [0.717, 1.165) is 0 Å². The molecule has 0 unspecified atom stereocenters. The molecule has 0 saturated heterocycles. The van der Waals surface area contributed by atoms with Crippen LogP contribution in [0.25, 0.3) is 0 Å². The predicted molar refractivity (Wildman–Crippen MR) is 49.0 cm³/mol. The molecule has 4 nitrogen and oxygen atoms in total. The minimum Gasteiger partial charge on any atom is -0.326 e. The Morgan fingerprint density at radius 2 is 1.58 bits per heavy atom. The highest BCUT2D eigenvalue weighted by Crippen LogP contribution is 2.53. The molecule has 4 N–H and O–H groups in total. The van der Waals surface area contributed by atoms with Gasteiger partial charge in [-0.05, 0) is 34.1 Å². The third kappa shape index (κ3) is 3.68. The van der Waals surface area contributed by atoms with E-state index in [1.807, 2.05) is 0 Å². The maximum Gasteiger partial charge on any atom is 0.331 e. The summed E-state index contributed by atoms with van der Waals surface area (Å²) in [5.74, 6) is 0. The summed E-state index contributed by atoms with van der Waals surface area (Å²) < 4.78 is 11.0. The topological polar surface area (TPSA) is 83.6 Å². The van der Waals surface area contributed by atoms with E-state index >= 15 is 0 Å². The molecule has 0 bridgehead atoms. The first-order valence-corrected chi connectivity index (χ1v) is 5.41. The fraction of sp³-hybridized carbons (Fsp3) is 1.00. The SMILES string of the molecule is CC(C)(N)CC(C)(C)P(=O)(O)O.